The Labute approximate surface area is 219 Å². The van der Waals surface area contributed by atoms with Crippen LogP contribution in [-0.4, -0.2) is 65.5 Å². The van der Waals surface area contributed by atoms with E-state index in [1.165, 1.54) is 6.20 Å². The molecule has 194 valence electrons. The van der Waals surface area contributed by atoms with Gasteiger partial charge in [-0.2, -0.15) is 0 Å². The number of hydrogen-bond donors (Lipinski definition) is 1. The van der Waals surface area contributed by atoms with Gasteiger partial charge in [-0.05, 0) is 54.4 Å². The first kappa shape index (κ1) is 25.6. The van der Waals surface area contributed by atoms with E-state index in [2.05, 4.69) is 24.8 Å². The molecule has 0 saturated carbocycles. The maximum absolute atomic E-state index is 14.6. The van der Waals surface area contributed by atoms with Crippen LogP contribution < -0.4 is 5.73 Å². The van der Waals surface area contributed by atoms with Crippen LogP contribution in [0.25, 0.3) is 39.0 Å². The molecular formula is C29H28F2N6O. The number of ether oxygens (including phenoxy) is 1. The van der Waals surface area contributed by atoms with E-state index in [0.717, 1.165) is 85.1 Å². The lowest BCUT2D eigenvalue weighted by molar-refractivity contribution is 0.0377. The summed E-state index contributed by atoms with van der Waals surface area (Å²) in [6.07, 6.45) is 9.26. The van der Waals surface area contributed by atoms with Gasteiger partial charge in [0.1, 0.15) is 11.6 Å². The smallest absolute Gasteiger partial charge is 0.160 e. The largest absolute Gasteiger partial charge is 0.404 e. The molecule has 9 heteroatoms. The van der Waals surface area contributed by atoms with E-state index in [0.29, 0.717) is 12.2 Å². The number of rotatable bonds is 8. The quantitative estimate of drug-likeness (QED) is 0.270. The molecule has 38 heavy (non-hydrogen) atoms. The molecule has 0 spiro atoms. The summed E-state index contributed by atoms with van der Waals surface area (Å²) in [5.74, 6) is -1.11. The molecule has 0 amide bonds. The highest BCUT2D eigenvalue weighted by Gasteiger charge is 2.15. The summed E-state index contributed by atoms with van der Waals surface area (Å²) in [6, 6.07) is 10.7. The molecular weight excluding hydrogens is 486 g/mol. The van der Waals surface area contributed by atoms with E-state index in [1.54, 1.807) is 30.9 Å². The summed E-state index contributed by atoms with van der Waals surface area (Å²) in [7, 11) is 0. The zero-order valence-electron chi connectivity index (χ0n) is 20.9. The van der Waals surface area contributed by atoms with Crippen LogP contribution in [0, 0.1) is 11.6 Å². The lowest BCUT2D eigenvalue weighted by atomic mass is 9.98. The lowest BCUT2D eigenvalue weighted by Gasteiger charge is -2.26. The zero-order valence-corrected chi connectivity index (χ0v) is 20.9. The number of nitrogens with two attached hydrogens (primary N) is 1. The fourth-order valence-electron chi connectivity index (χ4n) is 4.46. The van der Waals surface area contributed by atoms with E-state index < -0.39 is 11.6 Å². The highest BCUT2D eigenvalue weighted by atomic mass is 19.1. The van der Waals surface area contributed by atoms with Crippen molar-refractivity contribution in [3.63, 3.8) is 0 Å². The molecule has 3 aromatic heterocycles. The molecule has 0 aliphatic carbocycles. The number of aliphatic imine (C=N–C) groups is 1. The number of fused-ring (bicyclic) bond motifs is 1. The van der Waals surface area contributed by atoms with Crippen molar-refractivity contribution in [3.05, 3.63) is 84.5 Å². The van der Waals surface area contributed by atoms with Crippen molar-refractivity contribution < 1.29 is 13.5 Å². The van der Waals surface area contributed by atoms with Crippen molar-refractivity contribution >= 4 is 22.8 Å². The number of benzene rings is 1. The minimum Gasteiger partial charge on any atom is -0.404 e. The molecule has 1 aromatic carbocycles. The third-order valence-electron chi connectivity index (χ3n) is 6.45. The second kappa shape index (κ2) is 12.0. The van der Waals surface area contributed by atoms with Gasteiger partial charge in [-0.3, -0.25) is 14.9 Å². The molecule has 4 heterocycles. The van der Waals surface area contributed by atoms with E-state index in [-0.39, 0.29) is 11.3 Å². The van der Waals surface area contributed by atoms with E-state index in [4.69, 9.17) is 10.5 Å². The van der Waals surface area contributed by atoms with Crippen molar-refractivity contribution in [2.45, 2.75) is 6.42 Å². The first-order chi connectivity index (χ1) is 18.6. The van der Waals surface area contributed by atoms with Gasteiger partial charge in [-0.15, -0.1) is 0 Å². The third-order valence-corrected chi connectivity index (χ3v) is 6.45. The zero-order chi connectivity index (χ0) is 26.3. The number of morpholine rings is 1. The standard InChI is InChI=1S/C29H28F2N6O/c30-23-4-5-27(31)26(14-23)28-15-25(24-3-1-7-35-29(24)36-28)21-13-20(17-34-18-21)22(16-32)19-33-6-2-8-37-9-11-38-12-10-37/h1,3-5,7,13-19H,2,6,8-12,32H2. The summed E-state index contributed by atoms with van der Waals surface area (Å²) in [5, 5.41) is 0.766. The average molecular weight is 515 g/mol. The minimum atomic E-state index is -0.565. The third kappa shape index (κ3) is 5.90. The van der Waals surface area contributed by atoms with Crippen LogP contribution in [0.3, 0.4) is 0 Å². The van der Waals surface area contributed by atoms with Crippen LogP contribution >= 0.6 is 0 Å². The number of hydrogen-bond acceptors (Lipinski definition) is 7. The molecule has 1 aliphatic rings. The molecule has 5 rings (SSSR count). The number of nitrogens with zero attached hydrogens (tertiary/aromatic N) is 5. The SMILES string of the molecule is NC=C(C=NCCCN1CCOCC1)c1cncc(-c2cc(-c3cc(F)ccc3F)nc3ncccc23)c1. The van der Waals surface area contributed by atoms with E-state index in [9.17, 15) is 8.78 Å². The van der Waals surface area contributed by atoms with Crippen LogP contribution in [0.4, 0.5) is 8.78 Å². The van der Waals surface area contributed by atoms with Gasteiger partial charge in [0.15, 0.2) is 5.65 Å². The molecule has 1 aliphatic heterocycles. The summed E-state index contributed by atoms with van der Waals surface area (Å²) in [4.78, 5) is 20.2. The van der Waals surface area contributed by atoms with Crippen LogP contribution in [0.2, 0.25) is 0 Å². The van der Waals surface area contributed by atoms with Gasteiger partial charge in [-0.1, -0.05) is 0 Å². The second-order valence-corrected chi connectivity index (χ2v) is 8.98. The van der Waals surface area contributed by atoms with E-state index in [1.807, 2.05) is 18.2 Å². The molecule has 4 aromatic rings. The highest BCUT2D eigenvalue weighted by Crippen LogP contribution is 2.33. The fourth-order valence-corrected chi connectivity index (χ4v) is 4.46. The Bertz CT molecular complexity index is 1480. The maximum atomic E-state index is 14.6. The lowest BCUT2D eigenvalue weighted by Crippen LogP contribution is -2.37. The Hall–Kier alpha value is -4.08. The Morgan fingerprint density at radius 3 is 2.79 bits per heavy atom. The number of pyridine rings is 3. The predicted octanol–water partition coefficient (Wildman–Crippen LogP) is 4.73. The Kier molecular flexibility index (Phi) is 8.06. The highest BCUT2D eigenvalue weighted by molar-refractivity contribution is 6.10. The van der Waals surface area contributed by atoms with Crippen LogP contribution in [0.15, 0.2) is 72.2 Å². The summed E-state index contributed by atoms with van der Waals surface area (Å²) in [5.41, 5.74) is 9.75. The molecule has 0 bridgehead atoms. The molecule has 0 unspecified atom stereocenters. The molecule has 1 saturated heterocycles. The first-order valence-corrected chi connectivity index (χ1v) is 12.5. The average Bonchev–Trinajstić information content (AvgIpc) is 2.96. The van der Waals surface area contributed by atoms with Crippen molar-refractivity contribution in [1.29, 1.82) is 0 Å². The maximum Gasteiger partial charge on any atom is 0.160 e. The van der Waals surface area contributed by atoms with Gasteiger partial charge in [0.2, 0.25) is 0 Å². The van der Waals surface area contributed by atoms with Crippen molar-refractivity contribution in [3.8, 4) is 22.4 Å². The van der Waals surface area contributed by atoms with Crippen molar-refractivity contribution in [2.75, 3.05) is 39.4 Å². The molecule has 0 radical (unpaired) electrons. The van der Waals surface area contributed by atoms with Gasteiger partial charge in [0.05, 0.1) is 18.9 Å². The number of aromatic nitrogens is 3. The minimum absolute atomic E-state index is 0.0645. The number of allylic oxidation sites excluding steroid dienone is 1. The van der Waals surface area contributed by atoms with Gasteiger partial charge >= 0.3 is 0 Å². The topological polar surface area (TPSA) is 89.5 Å². The summed E-state index contributed by atoms with van der Waals surface area (Å²) in [6.45, 7) is 5.16. The van der Waals surface area contributed by atoms with Crippen LogP contribution in [-0.2, 0) is 4.74 Å². The normalized spacial score (nSPS) is 14.9. The van der Waals surface area contributed by atoms with E-state index >= 15 is 0 Å². The molecule has 7 nitrogen and oxygen atoms in total. The van der Waals surface area contributed by atoms with Crippen LogP contribution in [0.1, 0.15) is 12.0 Å². The summed E-state index contributed by atoms with van der Waals surface area (Å²) >= 11 is 0. The first-order valence-electron chi connectivity index (χ1n) is 12.5. The predicted molar refractivity (Wildman–Crippen MR) is 146 cm³/mol. The van der Waals surface area contributed by atoms with Crippen LogP contribution in [0.5, 0.6) is 0 Å². The number of halogens is 2. The van der Waals surface area contributed by atoms with Crippen molar-refractivity contribution in [2.24, 2.45) is 10.7 Å². The Balaban J connectivity index is 1.42. The molecule has 2 N–H and O–H groups in total. The van der Waals surface area contributed by atoms with Crippen molar-refractivity contribution in [1.82, 2.24) is 19.9 Å². The second-order valence-electron chi connectivity index (χ2n) is 8.98. The summed E-state index contributed by atoms with van der Waals surface area (Å²) < 4.78 is 33.9. The molecule has 0 atom stereocenters. The van der Waals surface area contributed by atoms with Gasteiger partial charge in [-0.25, -0.2) is 18.7 Å². The molecule has 1 fully saturated rings. The Morgan fingerprint density at radius 2 is 1.95 bits per heavy atom. The van der Waals surface area contributed by atoms with Gasteiger partial charge < -0.3 is 10.5 Å². The van der Waals surface area contributed by atoms with Gasteiger partial charge in [0.25, 0.3) is 0 Å². The Morgan fingerprint density at radius 1 is 1.08 bits per heavy atom. The van der Waals surface area contributed by atoms with Gasteiger partial charge in [0, 0.05) is 84.8 Å². The fraction of sp³-hybridized carbons (Fsp3) is 0.241. The monoisotopic (exact) mass is 514 g/mol.